The van der Waals surface area contributed by atoms with Crippen molar-refractivity contribution in [2.24, 2.45) is 0 Å². The van der Waals surface area contributed by atoms with E-state index in [0.717, 1.165) is 26.1 Å². The average Bonchev–Trinajstić information content (AvgIpc) is 2.61. The summed E-state index contributed by atoms with van der Waals surface area (Å²) >= 11 is 0. The van der Waals surface area contributed by atoms with Gasteiger partial charge in [0, 0.05) is 18.9 Å². The lowest BCUT2D eigenvalue weighted by atomic mass is 9.91. The summed E-state index contributed by atoms with van der Waals surface area (Å²) in [6.45, 7) is 5.08. The maximum atomic E-state index is 10.8. The van der Waals surface area contributed by atoms with Crippen molar-refractivity contribution < 1.29 is 9.84 Å². The lowest BCUT2D eigenvalue weighted by Crippen LogP contribution is -2.30. The van der Waals surface area contributed by atoms with E-state index in [1.165, 1.54) is 0 Å². The Bertz CT molecular complexity index is 400. The molecule has 0 saturated carbocycles. The maximum Gasteiger partial charge on any atom is 0.238 e. The fourth-order valence-corrected chi connectivity index (χ4v) is 2.52. The molecular weight excluding hydrogens is 230 g/mol. The van der Waals surface area contributed by atoms with Crippen LogP contribution in [0, 0.1) is 0 Å². The van der Waals surface area contributed by atoms with Crippen LogP contribution in [-0.4, -0.2) is 46.7 Å². The van der Waals surface area contributed by atoms with Crippen molar-refractivity contribution in [1.82, 2.24) is 14.9 Å². The summed E-state index contributed by atoms with van der Waals surface area (Å²) in [4.78, 5) is 10.8. The lowest BCUT2D eigenvalue weighted by molar-refractivity contribution is 0.0141. The summed E-state index contributed by atoms with van der Waals surface area (Å²) in [5, 5.41) is 10.8. The normalized spacial score (nSPS) is 25.7. The molecule has 0 bridgehead atoms. The zero-order chi connectivity index (χ0) is 13.0. The molecule has 100 valence electrons. The molecule has 1 aliphatic rings. The van der Waals surface area contributed by atoms with E-state index in [1.54, 1.807) is 19.5 Å². The van der Waals surface area contributed by atoms with Gasteiger partial charge in [-0.1, -0.05) is 6.92 Å². The van der Waals surface area contributed by atoms with E-state index in [0.29, 0.717) is 24.4 Å². The summed E-state index contributed by atoms with van der Waals surface area (Å²) < 4.78 is 5.21. The smallest absolute Gasteiger partial charge is 0.238 e. The van der Waals surface area contributed by atoms with Gasteiger partial charge in [0.1, 0.15) is 11.3 Å². The minimum atomic E-state index is -0.913. The Morgan fingerprint density at radius 1 is 1.33 bits per heavy atom. The second-order valence-corrected chi connectivity index (χ2v) is 4.73. The molecule has 0 amide bonds. The minimum absolute atomic E-state index is 0.435. The first-order valence-electron chi connectivity index (χ1n) is 6.50. The van der Waals surface area contributed by atoms with Crippen molar-refractivity contribution in [2.45, 2.75) is 31.8 Å². The van der Waals surface area contributed by atoms with Gasteiger partial charge < -0.3 is 14.7 Å². The third kappa shape index (κ3) is 2.62. The number of methoxy groups -OCH3 is 1. The topological polar surface area (TPSA) is 58.5 Å². The van der Waals surface area contributed by atoms with E-state index >= 15 is 0 Å². The molecule has 18 heavy (non-hydrogen) atoms. The van der Waals surface area contributed by atoms with Crippen LogP contribution in [-0.2, 0) is 5.60 Å². The van der Waals surface area contributed by atoms with Gasteiger partial charge in [0.25, 0.3) is 0 Å². The zero-order valence-corrected chi connectivity index (χ0v) is 11.1. The minimum Gasteiger partial charge on any atom is -0.480 e. The third-order valence-electron chi connectivity index (χ3n) is 3.65. The number of rotatable bonds is 3. The predicted molar refractivity (Wildman–Crippen MR) is 68.4 cm³/mol. The summed E-state index contributed by atoms with van der Waals surface area (Å²) in [5.41, 5.74) is -0.339. The number of aliphatic hydroxyl groups is 1. The van der Waals surface area contributed by atoms with Crippen LogP contribution >= 0.6 is 0 Å². The van der Waals surface area contributed by atoms with Crippen molar-refractivity contribution in [3.8, 4) is 5.88 Å². The SMILES string of the molecule is CCN1CCCC(O)(c2nccnc2OC)CC1. The Morgan fingerprint density at radius 2 is 2.11 bits per heavy atom. The van der Waals surface area contributed by atoms with Crippen molar-refractivity contribution in [2.75, 3.05) is 26.7 Å². The van der Waals surface area contributed by atoms with Crippen molar-refractivity contribution in [3.05, 3.63) is 18.1 Å². The number of nitrogens with zero attached hydrogens (tertiary/aromatic N) is 3. The molecular formula is C13H21N3O2. The maximum absolute atomic E-state index is 10.8. The van der Waals surface area contributed by atoms with E-state index in [1.807, 2.05) is 0 Å². The number of hydrogen-bond donors (Lipinski definition) is 1. The first-order valence-corrected chi connectivity index (χ1v) is 6.50. The number of hydrogen-bond acceptors (Lipinski definition) is 5. The molecule has 1 fully saturated rings. The van der Waals surface area contributed by atoms with Gasteiger partial charge in [0.15, 0.2) is 0 Å². The van der Waals surface area contributed by atoms with E-state index in [4.69, 9.17) is 4.74 Å². The van der Waals surface area contributed by atoms with Crippen LogP contribution < -0.4 is 4.74 Å². The molecule has 5 heteroatoms. The fraction of sp³-hybridized carbons (Fsp3) is 0.692. The average molecular weight is 251 g/mol. The van der Waals surface area contributed by atoms with Crippen LogP contribution in [0.25, 0.3) is 0 Å². The molecule has 2 rings (SSSR count). The third-order valence-corrected chi connectivity index (χ3v) is 3.65. The molecule has 1 saturated heterocycles. The second kappa shape index (κ2) is 5.63. The van der Waals surface area contributed by atoms with Crippen molar-refractivity contribution >= 4 is 0 Å². The van der Waals surface area contributed by atoms with E-state index < -0.39 is 5.60 Å². The van der Waals surface area contributed by atoms with Gasteiger partial charge in [-0.25, -0.2) is 4.98 Å². The fourth-order valence-electron chi connectivity index (χ4n) is 2.52. The zero-order valence-electron chi connectivity index (χ0n) is 11.1. The summed E-state index contributed by atoms with van der Waals surface area (Å²) in [6.07, 6.45) is 5.54. The quantitative estimate of drug-likeness (QED) is 0.874. The molecule has 0 spiro atoms. The van der Waals surface area contributed by atoms with Crippen LogP contribution in [0.3, 0.4) is 0 Å². The highest BCUT2D eigenvalue weighted by atomic mass is 16.5. The van der Waals surface area contributed by atoms with Gasteiger partial charge in [-0.2, -0.15) is 0 Å². The summed E-state index contributed by atoms with van der Waals surface area (Å²) in [5.74, 6) is 0.435. The van der Waals surface area contributed by atoms with Gasteiger partial charge in [0.2, 0.25) is 5.88 Å². The highest BCUT2D eigenvalue weighted by molar-refractivity contribution is 5.24. The van der Waals surface area contributed by atoms with Gasteiger partial charge in [0.05, 0.1) is 7.11 Å². The summed E-state index contributed by atoms with van der Waals surface area (Å²) in [7, 11) is 1.56. The van der Waals surface area contributed by atoms with Crippen LogP contribution in [0.1, 0.15) is 31.9 Å². The first-order chi connectivity index (χ1) is 8.69. The van der Waals surface area contributed by atoms with Crippen molar-refractivity contribution in [3.63, 3.8) is 0 Å². The number of likely N-dealkylation sites (tertiary alicyclic amines) is 1. The first kappa shape index (κ1) is 13.2. The second-order valence-electron chi connectivity index (χ2n) is 4.73. The summed E-state index contributed by atoms with van der Waals surface area (Å²) in [6, 6.07) is 0. The molecule has 1 atom stereocenters. The Balaban J connectivity index is 2.24. The Morgan fingerprint density at radius 3 is 2.83 bits per heavy atom. The van der Waals surface area contributed by atoms with E-state index in [-0.39, 0.29) is 0 Å². The lowest BCUT2D eigenvalue weighted by Gasteiger charge is -2.26. The molecule has 0 aromatic carbocycles. The monoisotopic (exact) mass is 251 g/mol. The molecule has 0 aliphatic carbocycles. The van der Waals surface area contributed by atoms with Gasteiger partial charge in [-0.3, -0.25) is 4.98 Å². The van der Waals surface area contributed by atoms with Gasteiger partial charge in [-0.15, -0.1) is 0 Å². The highest BCUT2D eigenvalue weighted by Crippen LogP contribution is 2.35. The molecule has 5 nitrogen and oxygen atoms in total. The number of ether oxygens (including phenoxy) is 1. The van der Waals surface area contributed by atoms with Crippen molar-refractivity contribution in [1.29, 1.82) is 0 Å². The Labute approximate surface area is 108 Å². The molecule has 1 aliphatic heterocycles. The largest absolute Gasteiger partial charge is 0.480 e. The van der Waals surface area contributed by atoms with Crippen LogP contribution in [0.15, 0.2) is 12.4 Å². The molecule has 1 aromatic rings. The highest BCUT2D eigenvalue weighted by Gasteiger charge is 2.36. The predicted octanol–water partition coefficient (Wildman–Crippen LogP) is 1.18. The van der Waals surface area contributed by atoms with Gasteiger partial charge in [-0.05, 0) is 32.4 Å². The van der Waals surface area contributed by atoms with Gasteiger partial charge >= 0.3 is 0 Å². The van der Waals surface area contributed by atoms with Crippen LogP contribution in [0.5, 0.6) is 5.88 Å². The van der Waals surface area contributed by atoms with Crippen LogP contribution in [0.2, 0.25) is 0 Å². The molecule has 1 aromatic heterocycles. The Kier molecular flexibility index (Phi) is 4.14. The Hall–Kier alpha value is -1.20. The standard InChI is InChI=1S/C13H21N3O2/c1-3-16-9-4-5-13(17,6-10-16)11-12(18-2)15-8-7-14-11/h7-8,17H,3-6,9-10H2,1-2H3. The molecule has 1 unspecified atom stereocenters. The number of aromatic nitrogens is 2. The molecule has 0 radical (unpaired) electrons. The van der Waals surface area contributed by atoms with E-state index in [2.05, 4.69) is 21.8 Å². The van der Waals surface area contributed by atoms with Crippen LogP contribution in [0.4, 0.5) is 0 Å². The molecule has 1 N–H and O–H groups in total. The molecule has 2 heterocycles. The van der Waals surface area contributed by atoms with E-state index in [9.17, 15) is 5.11 Å².